The van der Waals surface area contributed by atoms with E-state index < -0.39 is 5.72 Å². The summed E-state index contributed by atoms with van der Waals surface area (Å²) in [7, 11) is 1.88. The minimum absolute atomic E-state index is 0.0218. The van der Waals surface area contributed by atoms with Crippen LogP contribution in [0.1, 0.15) is 44.6 Å². The van der Waals surface area contributed by atoms with Crippen LogP contribution in [-0.4, -0.2) is 35.5 Å². The Balaban J connectivity index is 1.79. The molecule has 2 fully saturated rings. The molecule has 4 rings (SSSR count). The molecule has 1 spiro atoms. The van der Waals surface area contributed by atoms with Crippen LogP contribution >= 0.6 is 0 Å². The van der Waals surface area contributed by atoms with E-state index in [2.05, 4.69) is 38.1 Å². The van der Waals surface area contributed by atoms with Gasteiger partial charge in [0.25, 0.3) is 0 Å². The predicted octanol–water partition coefficient (Wildman–Crippen LogP) is 3.19. The molecule has 1 aromatic carbocycles. The van der Waals surface area contributed by atoms with Crippen LogP contribution in [0.2, 0.25) is 0 Å². The van der Waals surface area contributed by atoms with Crippen LogP contribution in [0.3, 0.4) is 0 Å². The van der Waals surface area contributed by atoms with Gasteiger partial charge in [0, 0.05) is 19.4 Å². The zero-order valence-electron chi connectivity index (χ0n) is 14.0. The molecule has 4 heteroatoms. The van der Waals surface area contributed by atoms with E-state index in [1.165, 1.54) is 5.56 Å². The Hall–Kier alpha value is -1.68. The number of amides is 1. The summed E-state index contributed by atoms with van der Waals surface area (Å²) in [5.74, 6) is 0.860. The van der Waals surface area contributed by atoms with Crippen LogP contribution in [0.5, 0.6) is 0 Å². The largest absolute Gasteiger partial charge is 0.325 e. The van der Waals surface area contributed by atoms with Crippen molar-refractivity contribution < 1.29 is 9.53 Å². The normalized spacial score (nSPS) is 39.2. The van der Waals surface area contributed by atoms with Crippen molar-refractivity contribution in [3.63, 3.8) is 0 Å². The molecule has 5 atom stereocenters. The molecule has 2 bridgehead atoms. The van der Waals surface area contributed by atoms with Gasteiger partial charge in [-0.1, -0.05) is 44.2 Å². The van der Waals surface area contributed by atoms with Gasteiger partial charge in [0.1, 0.15) is 0 Å². The third-order valence-corrected chi connectivity index (χ3v) is 6.03. The van der Waals surface area contributed by atoms with Crippen LogP contribution < -0.4 is 0 Å². The summed E-state index contributed by atoms with van der Waals surface area (Å²) in [6, 6.07) is 10.6. The molecule has 23 heavy (non-hydrogen) atoms. The molecule has 1 aromatic rings. The highest BCUT2D eigenvalue weighted by Gasteiger charge is 2.61. The monoisotopic (exact) mass is 312 g/mol. The Kier molecular flexibility index (Phi) is 3.34. The highest BCUT2D eigenvalue weighted by molar-refractivity contribution is 6.01. The predicted molar refractivity (Wildman–Crippen MR) is 89.2 cm³/mol. The Morgan fingerprint density at radius 3 is 2.74 bits per heavy atom. The molecule has 1 unspecified atom stereocenters. The van der Waals surface area contributed by atoms with Gasteiger partial charge in [0.2, 0.25) is 5.91 Å². The summed E-state index contributed by atoms with van der Waals surface area (Å²) < 4.78 is 6.29. The fourth-order valence-corrected chi connectivity index (χ4v) is 4.58. The molecular weight excluding hydrogens is 288 g/mol. The summed E-state index contributed by atoms with van der Waals surface area (Å²) in [4.78, 5) is 19.5. The first-order chi connectivity index (χ1) is 11.1. The third kappa shape index (κ3) is 2.01. The summed E-state index contributed by atoms with van der Waals surface area (Å²) in [6.07, 6.45) is 2.38. The standard InChI is InChI=1S/C19H24N2O2/c1-4-17-20-16-10-14(13-8-6-5-7-9-13)12(2)15-11-19(16,23-17)21(3)18(15)22/h5-9,12,14-15,17H,4,10-11H2,1-3H3/t12-,14+,15?,17-,19+/m1/s1. The lowest BCUT2D eigenvalue weighted by Crippen LogP contribution is -2.50. The fraction of sp³-hybridized carbons (Fsp3) is 0.579. The smallest absolute Gasteiger partial charge is 0.228 e. The number of carbonyl (C=O) groups is 1. The molecule has 2 aliphatic heterocycles. The number of hydrogen-bond acceptors (Lipinski definition) is 3. The minimum Gasteiger partial charge on any atom is -0.325 e. The number of carbonyl (C=O) groups excluding carboxylic acids is 1. The molecular formula is C19H24N2O2. The Bertz CT molecular complexity index is 657. The topological polar surface area (TPSA) is 41.9 Å². The Morgan fingerprint density at radius 2 is 2.04 bits per heavy atom. The highest BCUT2D eigenvalue weighted by atomic mass is 16.5. The van der Waals surface area contributed by atoms with E-state index in [0.29, 0.717) is 11.8 Å². The Labute approximate surface area is 137 Å². The second kappa shape index (κ2) is 5.17. The van der Waals surface area contributed by atoms with E-state index in [9.17, 15) is 4.79 Å². The molecule has 122 valence electrons. The second-order valence-electron chi connectivity index (χ2n) is 7.13. The molecule has 1 saturated heterocycles. The van der Waals surface area contributed by atoms with Crippen molar-refractivity contribution >= 4 is 11.6 Å². The number of rotatable bonds is 2. The van der Waals surface area contributed by atoms with Crippen LogP contribution in [0, 0.1) is 11.8 Å². The number of hydrogen-bond donors (Lipinski definition) is 0. The molecule has 1 saturated carbocycles. The molecule has 1 amide bonds. The molecule has 0 aromatic heterocycles. The lowest BCUT2D eigenvalue weighted by atomic mass is 9.78. The molecule has 4 nitrogen and oxygen atoms in total. The minimum atomic E-state index is -0.583. The quantitative estimate of drug-likeness (QED) is 0.841. The first-order valence-corrected chi connectivity index (χ1v) is 8.64. The van der Waals surface area contributed by atoms with Crippen molar-refractivity contribution in [3.8, 4) is 0 Å². The van der Waals surface area contributed by atoms with Crippen LogP contribution in [-0.2, 0) is 9.53 Å². The second-order valence-corrected chi connectivity index (χ2v) is 7.13. The fourth-order valence-electron chi connectivity index (χ4n) is 4.58. The van der Waals surface area contributed by atoms with Crippen LogP contribution in [0.25, 0.3) is 0 Å². The average Bonchev–Trinajstić information content (AvgIpc) is 3.02. The summed E-state index contributed by atoms with van der Waals surface area (Å²) in [6.45, 7) is 4.30. The number of nitrogens with zero attached hydrogens (tertiary/aromatic N) is 2. The zero-order chi connectivity index (χ0) is 16.2. The number of benzene rings is 1. The highest BCUT2D eigenvalue weighted by Crippen LogP contribution is 2.51. The van der Waals surface area contributed by atoms with E-state index in [-0.39, 0.29) is 18.1 Å². The number of fused-ring (bicyclic) bond motifs is 1. The first kappa shape index (κ1) is 14.9. The average molecular weight is 312 g/mol. The van der Waals surface area contributed by atoms with Gasteiger partial charge >= 0.3 is 0 Å². The lowest BCUT2D eigenvalue weighted by molar-refractivity contribution is -0.145. The van der Waals surface area contributed by atoms with Crippen LogP contribution in [0.4, 0.5) is 0 Å². The summed E-state index contributed by atoms with van der Waals surface area (Å²) in [5, 5.41) is 0. The number of aliphatic imine (C=N–C) groups is 1. The molecule has 0 radical (unpaired) electrons. The van der Waals surface area contributed by atoms with Crippen molar-refractivity contribution in [2.24, 2.45) is 16.8 Å². The molecule has 1 aliphatic carbocycles. The third-order valence-electron chi connectivity index (χ3n) is 6.03. The van der Waals surface area contributed by atoms with E-state index in [1.807, 2.05) is 18.0 Å². The van der Waals surface area contributed by atoms with Gasteiger partial charge in [-0.3, -0.25) is 9.79 Å². The van der Waals surface area contributed by atoms with E-state index in [0.717, 1.165) is 25.0 Å². The van der Waals surface area contributed by atoms with Gasteiger partial charge in [0.05, 0.1) is 5.71 Å². The van der Waals surface area contributed by atoms with E-state index in [4.69, 9.17) is 9.73 Å². The lowest BCUT2D eigenvalue weighted by Gasteiger charge is -2.35. The SMILES string of the molecule is CC[C@@H]1N=C2C[C@H](c3ccccc3)[C@@H](C)C3C[C@@]2(O1)N(C)C3=O. The maximum Gasteiger partial charge on any atom is 0.228 e. The number of ether oxygens (including phenoxy) is 1. The van der Waals surface area contributed by atoms with Gasteiger partial charge in [-0.2, -0.15) is 0 Å². The van der Waals surface area contributed by atoms with Crippen molar-refractivity contribution in [3.05, 3.63) is 35.9 Å². The van der Waals surface area contributed by atoms with Gasteiger partial charge in [-0.05, 0) is 30.2 Å². The first-order valence-electron chi connectivity index (χ1n) is 8.64. The van der Waals surface area contributed by atoms with Crippen molar-refractivity contribution in [1.29, 1.82) is 0 Å². The van der Waals surface area contributed by atoms with Gasteiger partial charge in [-0.15, -0.1) is 0 Å². The molecule has 2 heterocycles. The van der Waals surface area contributed by atoms with Gasteiger partial charge in [0.15, 0.2) is 12.0 Å². The number of likely N-dealkylation sites (tertiary alicyclic amines) is 1. The molecule has 0 N–H and O–H groups in total. The molecule has 3 aliphatic rings. The van der Waals surface area contributed by atoms with Crippen LogP contribution in [0.15, 0.2) is 35.3 Å². The van der Waals surface area contributed by atoms with Crippen molar-refractivity contribution in [2.45, 2.75) is 51.0 Å². The van der Waals surface area contributed by atoms with E-state index >= 15 is 0 Å². The maximum atomic E-state index is 12.9. The summed E-state index contributed by atoms with van der Waals surface area (Å²) >= 11 is 0. The van der Waals surface area contributed by atoms with E-state index in [1.54, 1.807) is 0 Å². The van der Waals surface area contributed by atoms with Gasteiger partial charge < -0.3 is 9.64 Å². The summed E-state index contributed by atoms with van der Waals surface area (Å²) in [5.41, 5.74) is 1.79. The van der Waals surface area contributed by atoms with Crippen molar-refractivity contribution in [2.75, 3.05) is 7.05 Å². The van der Waals surface area contributed by atoms with Crippen molar-refractivity contribution in [1.82, 2.24) is 4.90 Å². The zero-order valence-corrected chi connectivity index (χ0v) is 14.0. The van der Waals surface area contributed by atoms with Gasteiger partial charge in [-0.25, -0.2) is 0 Å². The Morgan fingerprint density at radius 1 is 1.30 bits per heavy atom. The maximum absolute atomic E-state index is 12.9.